The Kier molecular flexibility index (Phi) is 12.9. The van der Waals surface area contributed by atoms with Gasteiger partial charge >= 0.3 is 0 Å². The van der Waals surface area contributed by atoms with Crippen LogP contribution in [0.25, 0.3) is 0 Å². The first-order valence-corrected chi connectivity index (χ1v) is 10.2. The molecule has 0 atom stereocenters. The summed E-state index contributed by atoms with van der Waals surface area (Å²) in [6.45, 7) is 4.38. The van der Waals surface area contributed by atoms with Crippen molar-refractivity contribution in [3.63, 3.8) is 0 Å². The van der Waals surface area contributed by atoms with Crippen molar-refractivity contribution in [3.05, 3.63) is 29.8 Å². The predicted molar refractivity (Wildman–Crippen MR) is 103 cm³/mol. The highest BCUT2D eigenvalue weighted by Crippen LogP contribution is 2.15. The van der Waals surface area contributed by atoms with E-state index in [1.807, 2.05) is 0 Å². The first kappa shape index (κ1) is 19.8. The smallest absolute Gasteiger partial charge is 0.119 e. The summed E-state index contributed by atoms with van der Waals surface area (Å²) < 4.78 is 12.1. The van der Waals surface area contributed by atoms with Crippen molar-refractivity contribution in [2.75, 3.05) is 24.2 Å². The highest BCUT2D eigenvalue weighted by Gasteiger charge is 1.97. The van der Waals surface area contributed by atoms with Crippen LogP contribution in [0.4, 0.5) is 0 Å². The van der Waals surface area contributed by atoms with Gasteiger partial charge in [0.1, 0.15) is 12.4 Å². The molecule has 2 nitrogen and oxygen atoms in total. The molecule has 0 aliphatic heterocycles. The van der Waals surface area contributed by atoms with E-state index < -0.39 is 0 Å². The van der Waals surface area contributed by atoms with Gasteiger partial charge in [-0.15, -0.1) is 0 Å². The van der Waals surface area contributed by atoms with Crippen LogP contribution in [0.3, 0.4) is 0 Å². The lowest BCUT2D eigenvalue weighted by molar-refractivity contribution is 0.113. The van der Waals surface area contributed by atoms with E-state index in [9.17, 15) is 0 Å². The van der Waals surface area contributed by atoms with Crippen LogP contribution >= 0.6 is 22.6 Å². The summed E-state index contributed by atoms with van der Waals surface area (Å²) in [6.07, 6.45) is 10.8. The van der Waals surface area contributed by atoms with Crippen molar-refractivity contribution in [3.8, 4) is 5.75 Å². The molecule has 126 valence electrons. The number of unbranched alkanes of at least 4 members (excludes halogenated alkanes) is 6. The SMILES string of the molecule is CCCCCCCCCc1ccc(OCCOCCI)cc1. The molecule has 1 aromatic rings. The molecule has 1 rings (SSSR count). The minimum Gasteiger partial charge on any atom is -0.491 e. The Hall–Kier alpha value is -0.290. The molecule has 0 unspecified atom stereocenters. The minimum absolute atomic E-state index is 0.633. The molecule has 0 aliphatic carbocycles. The zero-order valence-electron chi connectivity index (χ0n) is 14.0. The van der Waals surface area contributed by atoms with Gasteiger partial charge in [-0.1, -0.05) is 80.2 Å². The first-order chi connectivity index (χ1) is 10.9. The number of halogens is 1. The average Bonchev–Trinajstić information content (AvgIpc) is 2.55. The number of aryl methyl sites for hydroxylation is 1. The van der Waals surface area contributed by atoms with Crippen LogP contribution in [0.15, 0.2) is 24.3 Å². The lowest BCUT2D eigenvalue weighted by Crippen LogP contribution is -2.07. The zero-order chi connectivity index (χ0) is 15.9. The fraction of sp³-hybridized carbons (Fsp3) is 0.684. The average molecular weight is 418 g/mol. The molecule has 0 radical (unpaired) electrons. The van der Waals surface area contributed by atoms with Crippen LogP contribution in [0, 0.1) is 0 Å². The van der Waals surface area contributed by atoms with E-state index in [0.717, 1.165) is 16.8 Å². The summed E-state index contributed by atoms with van der Waals surface area (Å²) in [7, 11) is 0. The molecule has 0 aromatic heterocycles. The summed E-state index contributed by atoms with van der Waals surface area (Å²) in [5.41, 5.74) is 1.42. The molecule has 1 aromatic carbocycles. The molecule has 0 heterocycles. The van der Waals surface area contributed by atoms with Crippen molar-refractivity contribution < 1.29 is 9.47 Å². The number of rotatable bonds is 14. The van der Waals surface area contributed by atoms with Crippen LogP contribution in [0.5, 0.6) is 5.75 Å². The van der Waals surface area contributed by atoms with E-state index in [4.69, 9.17) is 9.47 Å². The Balaban J connectivity index is 2.06. The monoisotopic (exact) mass is 418 g/mol. The van der Waals surface area contributed by atoms with Crippen LogP contribution in [0.1, 0.15) is 57.4 Å². The molecule has 22 heavy (non-hydrogen) atoms. The van der Waals surface area contributed by atoms with E-state index in [0.29, 0.717) is 13.2 Å². The molecule has 0 bridgehead atoms. The maximum atomic E-state index is 5.66. The Morgan fingerprint density at radius 3 is 2.18 bits per heavy atom. The van der Waals surface area contributed by atoms with Crippen molar-refractivity contribution in [2.45, 2.75) is 58.3 Å². The van der Waals surface area contributed by atoms with E-state index in [-0.39, 0.29) is 0 Å². The number of hydrogen-bond acceptors (Lipinski definition) is 2. The number of hydrogen-bond donors (Lipinski definition) is 0. The predicted octanol–water partition coefficient (Wildman–Crippen LogP) is 5.81. The summed E-state index contributed by atoms with van der Waals surface area (Å²) in [5.74, 6) is 0.946. The third-order valence-corrected chi connectivity index (χ3v) is 4.15. The topological polar surface area (TPSA) is 18.5 Å². The third kappa shape index (κ3) is 10.4. The van der Waals surface area contributed by atoms with Gasteiger partial charge in [0, 0.05) is 4.43 Å². The van der Waals surface area contributed by atoms with Crippen LogP contribution in [-0.2, 0) is 11.2 Å². The van der Waals surface area contributed by atoms with Gasteiger partial charge < -0.3 is 9.47 Å². The number of benzene rings is 1. The lowest BCUT2D eigenvalue weighted by atomic mass is 10.0. The molecule has 0 amide bonds. The Bertz CT molecular complexity index is 351. The highest BCUT2D eigenvalue weighted by molar-refractivity contribution is 14.1. The van der Waals surface area contributed by atoms with Crippen molar-refractivity contribution in [2.24, 2.45) is 0 Å². The van der Waals surface area contributed by atoms with Gasteiger partial charge in [-0.3, -0.25) is 0 Å². The van der Waals surface area contributed by atoms with Gasteiger partial charge in [0.25, 0.3) is 0 Å². The second-order valence-corrected chi connectivity index (χ2v) is 6.74. The number of alkyl halides is 1. The maximum Gasteiger partial charge on any atom is 0.119 e. The Labute approximate surface area is 150 Å². The third-order valence-electron chi connectivity index (χ3n) is 3.71. The van der Waals surface area contributed by atoms with E-state index in [1.54, 1.807) is 0 Å². The van der Waals surface area contributed by atoms with Crippen molar-refractivity contribution >= 4 is 22.6 Å². The fourth-order valence-electron chi connectivity index (χ4n) is 2.41. The van der Waals surface area contributed by atoms with Crippen molar-refractivity contribution in [1.82, 2.24) is 0 Å². The Morgan fingerprint density at radius 1 is 0.818 bits per heavy atom. The van der Waals surface area contributed by atoms with Gasteiger partial charge in [0.05, 0.1) is 13.2 Å². The lowest BCUT2D eigenvalue weighted by Gasteiger charge is -2.07. The van der Waals surface area contributed by atoms with Gasteiger partial charge in [0.2, 0.25) is 0 Å². The molecule has 0 spiro atoms. The maximum absolute atomic E-state index is 5.66. The molecular formula is C19H31IO2. The van der Waals surface area contributed by atoms with E-state index in [2.05, 4.69) is 53.8 Å². The summed E-state index contributed by atoms with van der Waals surface area (Å²) in [6, 6.07) is 8.54. The van der Waals surface area contributed by atoms with Gasteiger partial charge in [-0.2, -0.15) is 0 Å². The zero-order valence-corrected chi connectivity index (χ0v) is 16.1. The molecule has 0 fully saturated rings. The molecule has 3 heteroatoms. The van der Waals surface area contributed by atoms with E-state index in [1.165, 1.54) is 56.9 Å². The second kappa shape index (κ2) is 14.3. The summed E-state index contributed by atoms with van der Waals surface area (Å²) >= 11 is 2.31. The standard InChI is InChI=1S/C19H31IO2/c1-2-3-4-5-6-7-8-9-18-10-12-19(13-11-18)22-17-16-21-15-14-20/h10-13H,2-9,14-17H2,1H3. The van der Waals surface area contributed by atoms with Crippen LogP contribution < -0.4 is 4.74 Å². The molecular weight excluding hydrogens is 387 g/mol. The Morgan fingerprint density at radius 2 is 1.50 bits per heavy atom. The quantitative estimate of drug-likeness (QED) is 0.216. The normalized spacial score (nSPS) is 10.8. The van der Waals surface area contributed by atoms with Gasteiger partial charge in [0.15, 0.2) is 0 Å². The van der Waals surface area contributed by atoms with Crippen molar-refractivity contribution in [1.29, 1.82) is 0 Å². The highest BCUT2D eigenvalue weighted by atomic mass is 127. The van der Waals surface area contributed by atoms with Crippen LogP contribution in [0.2, 0.25) is 0 Å². The van der Waals surface area contributed by atoms with Gasteiger partial charge in [-0.05, 0) is 30.5 Å². The molecule has 0 saturated heterocycles. The second-order valence-electron chi connectivity index (χ2n) is 5.67. The molecule has 0 N–H and O–H groups in total. The van der Waals surface area contributed by atoms with Gasteiger partial charge in [-0.25, -0.2) is 0 Å². The number of ether oxygens (including phenoxy) is 2. The summed E-state index contributed by atoms with van der Waals surface area (Å²) in [5, 5.41) is 0. The molecule has 0 saturated carbocycles. The summed E-state index contributed by atoms with van der Waals surface area (Å²) in [4.78, 5) is 0. The van der Waals surface area contributed by atoms with Crippen LogP contribution in [-0.4, -0.2) is 24.2 Å². The molecule has 0 aliphatic rings. The van der Waals surface area contributed by atoms with E-state index >= 15 is 0 Å². The fourth-order valence-corrected chi connectivity index (χ4v) is 2.73. The minimum atomic E-state index is 0.633. The first-order valence-electron chi connectivity index (χ1n) is 8.72. The largest absolute Gasteiger partial charge is 0.491 e.